The van der Waals surface area contributed by atoms with Crippen LogP contribution in [0.5, 0.6) is 0 Å². The Hall–Kier alpha value is -7.63. The van der Waals surface area contributed by atoms with Gasteiger partial charge < -0.3 is 8.83 Å². The Morgan fingerprint density at radius 1 is 0.321 bits per heavy atom. The predicted octanol–water partition coefficient (Wildman–Crippen LogP) is 13.8. The topological polar surface area (TPSA) is 65.0 Å². The molecule has 0 aliphatic rings. The van der Waals surface area contributed by atoms with E-state index in [9.17, 15) is 0 Å². The Morgan fingerprint density at radius 2 is 1.00 bits per heavy atom. The third-order valence-corrected chi connectivity index (χ3v) is 11.1. The maximum absolute atomic E-state index is 6.69. The summed E-state index contributed by atoms with van der Waals surface area (Å²) in [4.78, 5) is 15.9. The van der Waals surface area contributed by atoms with Crippen LogP contribution in [0.2, 0.25) is 0 Å². The molecular weight excluding hydrogens is 687 g/mol. The van der Waals surface area contributed by atoms with Crippen molar-refractivity contribution in [2.75, 3.05) is 0 Å². The van der Waals surface area contributed by atoms with Crippen LogP contribution in [0.25, 0.3) is 121 Å². The number of nitrogens with zero attached hydrogens (tertiary/aromatic N) is 3. The van der Waals surface area contributed by atoms with E-state index < -0.39 is 0 Å². The van der Waals surface area contributed by atoms with Gasteiger partial charge in [0.1, 0.15) is 22.3 Å². The summed E-state index contributed by atoms with van der Waals surface area (Å²) >= 11 is 0. The summed E-state index contributed by atoms with van der Waals surface area (Å²) < 4.78 is 13.2. The van der Waals surface area contributed by atoms with Crippen molar-refractivity contribution in [2.45, 2.75) is 0 Å². The van der Waals surface area contributed by atoms with Gasteiger partial charge in [-0.05, 0) is 80.5 Å². The maximum atomic E-state index is 6.69. The van der Waals surface area contributed by atoms with Crippen LogP contribution in [-0.4, -0.2) is 15.0 Å². The Morgan fingerprint density at radius 3 is 1.88 bits per heavy atom. The van der Waals surface area contributed by atoms with Gasteiger partial charge in [-0.2, -0.15) is 0 Å². The van der Waals surface area contributed by atoms with Crippen LogP contribution in [0, 0.1) is 0 Å². The van der Waals surface area contributed by atoms with Gasteiger partial charge in [-0.1, -0.05) is 133 Å². The number of benzene rings is 9. The smallest absolute Gasteiger partial charge is 0.165 e. The first-order valence-electron chi connectivity index (χ1n) is 18.8. The largest absolute Gasteiger partial charge is 0.456 e. The molecule has 0 unspecified atom stereocenters. The molecule has 12 rings (SSSR count). The summed E-state index contributed by atoms with van der Waals surface area (Å²) in [5, 5.41) is 10.9. The molecule has 0 amide bonds. The van der Waals surface area contributed by atoms with E-state index in [-0.39, 0.29) is 0 Å². The van der Waals surface area contributed by atoms with Gasteiger partial charge in [-0.3, -0.25) is 0 Å². The zero-order valence-electron chi connectivity index (χ0n) is 29.9. The van der Waals surface area contributed by atoms with Crippen LogP contribution in [0.4, 0.5) is 0 Å². The number of fused-ring (bicyclic) bond motifs is 11. The predicted molar refractivity (Wildman–Crippen MR) is 229 cm³/mol. The summed E-state index contributed by atoms with van der Waals surface area (Å²) in [7, 11) is 0. The summed E-state index contributed by atoms with van der Waals surface area (Å²) in [6.07, 6.45) is 0. The normalized spacial score (nSPS) is 11.9. The minimum Gasteiger partial charge on any atom is -0.456 e. The molecule has 5 nitrogen and oxygen atoms in total. The van der Waals surface area contributed by atoms with Gasteiger partial charge in [0.15, 0.2) is 17.5 Å². The molecular formula is C51H29N3O2. The Balaban J connectivity index is 1.17. The van der Waals surface area contributed by atoms with E-state index in [0.29, 0.717) is 17.5 Å². The van der Waals surface area contributed by atoms with Crippen LogP contribution < -0.4 is 0 Å². The Bertz CT molecular complexity index is 3550. The lowest BCUT2D eigenvalue weighted by Gasteiger charge is -2.15. The summed E-state index contributed by atoms with van der Waals surface area (Å²) in [6.45, 7) is 0. The first-order valence-corrected chi connectivity index (χ1v) is 18.8. The standard InChI is InChI=1S/C51H29N3O2/c1-2-13-31(14-3-1)49-52-50(42-28-32-15-5-6-16-34(32)37-18-8-9-19-38(37)42)54-51(53-49)47-35(26-27-44-46(47)41-20-10-11-21-43(41)55-44)33-23-24-39-40-25-22-30-12-4-7-17-36(30)48(40)56-45(39)29-33/h1-29H. The molecule has 0 aliphatic heterocycles. The molecule has 260 valence electrons. The average molecular weight is 716 g/mol. The lowest BCUT2D eigenvalue weighted by atomic mass is 9.93. The lowest BCUT2D eigenvalue weighted by Crippen LogP contribution is -2.02. The highest BCUT2D eigenvalue weighted by Crippen LogP contribution is 2.44. The number of hydrogen-bond donors (Lipinski definition) is 0. The Labute approximate surface area is 320 Å². The fourth-order valence-electron chi connectivity index (χ4n) is 8.53. The summed E-state index contributed by atoms with van der Waals surface area (Å²) in [5.74, 6) is 1.76. The fraction of sp³-hybridized carbons (Fsp3) is 0. The van der Waals surface area contributed by atoms with Crippen molar-refractivity contribution in [3.05, 3.63) is 176 Å². The highest BCUT2D eigenvalue weighted by atomic mass is 16.3. The molecule has 3 heterocycles. The highest BCUT2D eigenvalue weighted by Gasteiger charge is 2.23. The van der Waals surface area contributed by atoms with Crippen LogP contribution in [0.15, 0.2) is 185 Å². The second-order valence-electron chi connectivity index (χ2n) is 14.3. The van der Waals surface area contributed by atoms with Crippen molar-refractivity contribution >= 4 is 76.2 Å². The van der Waals surface area contributed by atoms with Crippen LogP contribution in [0.1, 0.15) is 0 Å². The fourth-order valence-corrected chi connectivity index (χ4v) is 8.53. The van der Waals surface area contributed by atoms with Crippen molar-refractivity contribution in [1.82, 2.24) is 15.0 Å². The summed E-state index contributed by atoms with van der Waals surface area (Å²) in [5.41, 5.74) is 7.97. The third-order valence-electron chi connectivity index (χ3n) is 11.1. The van der Waals surface area contributed by atoms with Gasteiger partial charge >= 0.3 is 0 Å². The van der Waals surface area contributed by atoms with Crippen LogP contribution in [-0.2, 0) is 0 Å². The van der Waals surface area contributed by atoms with Crippen LogP contribution >= 0.6 is 0 Å². The number of furan rings is 2. The minimum absolute atomic E-state index is 0.564. The van der Waals surface area contributed by atoms with E-state index in [1.165, 1.54) is 5.39 Å². The van der Waals surface area contributed by atoms with Crippen molar-refractivity contribution in [2.24, 2.45) is 0 Å². The molecule has 5 heteroatoms. The molecule has 12 aromatic rings. The SMILES string of the molecule is c1ccc(-c2nc(-c3cc4ccccc4c4ccccc34)nc(-c3c(-c4ccc5c(c4)oc4c6ccccc6ccc54)ccc4oc5ccccc5c34)n2)cc1. The van der Waals surface area contributed by atoms with Crippen molar-refractivity contribution < 1.29 is 8.83 Å². The number of para-hydroxylation sites is 1. The minimum atomic E-state index is 0.564. The second kappa shape index (κ2) is 11.9. The van der Waals surface area contributed by atoms with Gasteiger partial charge in [-0.15, -0.1) is 0 Å². The van der Waals surface area contributed by atoms with E-state index in [0.717, 1.165) is 98.6 Å². The molecule has 56 heavy (non-hydrogen) atoms. The average Bonchev–Trinajstić information content (AvgIpc) is 3.84. The lowest BCUT2D eigenvalue weighted by molar-refractivity contribution is 0.669. The molecule has 9 aromatic carbocycles. The third kappa shape index (κ3) is 4.64. The van der Waals surface area contributed by atoms with E-state index >= 15 is 0 Å². The van der Waals surface area contributed by atoms with Gasteiger partial charge in [0.05, 0.1) is 0 Å². The molecule has 0 N–H and O–H groups in total. The molecule has 0 saturated heterocycles. The van der Waals surface area contributed by atoms with Gasteiger partial charge in [0.25, 0.3) is 0 Å². The molecule has 0 saturated carbocycles. The Kier molecular flexibility index (Phi) is 6.56. The zero-order valence-corrected chi connectivity index (χ0v) is 29.9. The van der Waals surface area contributed by atoms with E-state index in [1.807, 2.05) is 36.4 Å². The first kappa shape index (κ1) is 30.8. The van der Waals surface area contributed by atoms with E-state index in [1.54, 1.807) is 0 Å². The number of aromatic nitrogens is 3. The molecule has 0 fully saturated rings. The van der Waals surface area contributed by atoms with Gasteiger partial charge in [-0.25, -0.2) is 15.0 Å². The van der Waals surface area contributed by atoms with Gasteiger partial charge in [0.2, 0.25) is 0 Å². The molecule has 0 atom stereocenters. The van der Waals surface area contributed by atoms with E-state index in [2.05, 4.69) is 140 Å². The molecule has 0 aliphatic carbocycles. The highest BCUT2D eigenvalue weighted by molar-refractivity contribution is 6.18. The molecule has 0 spiro atoms. The number of hydrogen-bond acceptors (Lipinski definition) is 5. The summed E-state index contributed by atoms with van der Waals surface area (Å²) in [6, 6.07) is 60.9. The molecule has 3 aromatic heterocycles. The van der Waals surface area contributed by atoms with Crippen LogP contribution in [0.3, 0.4) is 0 Å². The zero-order chi connectivity index (χ0) is 36.7. The number of rotatable bonds is 4. The first-order chi connectivity index (χ1) is 27.7. The van der Waals surface area contributed by atoms with Crippen molar-refractivity contribution in [1.29, 1.82) is 0 Å². The monoisotopic (exact) mass is 715 g/mol. The van der Waals surface area contributed by atoms with E-state index in [4.69, 9.17) is 23.8 Å². The van der Waals surface area contributed by atoms with Crippen molar-refractivity contribution in [3.63, 3.8) is 0 Å². The quantitative estimate of drug-likeness (QED) is 0.170. The molecule has 0 radical (unpaired) electrons. The molecule has 0 bridgehead atoms. The maximum Gasteiger partial charge on any atom is 0.165 e. The van der Waals surface area contributed by atoms with Gasteiger partial charge in [0, 0.05) is 43.6 Å². The van der Waals surface area contributed by atoms with Crippen molar-refractivity contribution in [3.8, 4) is 45.3 Å². The second-order valence-corrected chi connectivity index (χ2v) is 14.3.